The number of carbonyl (C=O) groups is 1. The van der Waals surface area contributed by atoms with Gasteiger partial charge in [0.25, 0.3) is 5.91 Å². The fraction of sp³-hybridized carbons (Fsp3) is 0.222. The van der Waals surface area contributed by atoms with Gasteiger partial charge in [0.1, 0.15) is 5.82 Å². The van der Waals surface area contributed by atoms with Crippen LogP contribution in [0.5, 0.6) is 11.5 Å². The van der Waals surface area contributed by atoms with Crippen molar-refractivity contribution in [3.8, 4) is 11.5 Å². The number of anilines is 1. The number of hydrogen-bond donors (Lipinski definition) is 1. The summed E-state index contributed by atoms with van der Waals surface area (Å²) >= 11 is 1.46. The van der Waals surface area contributed by atoms with Crippen LogP contribution >= 0.6 is 11.3 Å². The molecule has 0 radical (unpaired) electrons. The Labute approximate surface area is 150 Å². The number of nitrogens with one attached hydrogen (secondary N) is 1. The largest absolute Gasteiger partial charge is 0.493 e. The Hall–Kier alpha value is -2.80. The first kappa shape index (κ1) is 17.0. The third-order valence-corrected chi connectivity index (χ3v) is 4.73. The summed E-state index contributed by atoms with van der Waals surface area (Å²) in [5.41, 5.74) is 0.910. The monoisotopic (exact) mass is 357 g/mol. The Kier molecular flexibility index (Phi) is 5.04. The summed E-state index contributed by atoms with van der Waals surface area (Å²) in [5, 5.41) is 7.21. The number of para-hydroxylation sites is 1. The van der Waals surface area contributed by atoms with Crippen molar-refractivity contribution in [2.24, 2.45) is 0 Å². The number of methoxy groups -OCH3 is 2. The fourth-order valence-corrected chi connectivity index (χ4v) is 3.30. The maximum atomic E-state index is 12.4. The molecular formula is C18H19N3O3S. The summed E-state index contributed by atoms with van der Waals surface area (Å²) in [4.78, 5) is 14.1. The predicted octanol–water partition coefficient (Wildman–Crippen LogP) is 3.57. The number of thiophene rings is 1. The van der Waals surface area contributed by atoms with Crippen LogP contribution in [0.15, 0.2) is 42.6 Å². The lowest BCUT2D eigenvalue weighted by molar-refractivity contribution is 0.102. The highest BCUT2D eigenvalue weighted by Gasteiger charge is 2.14. The third-order valence-electron chi connectivity index (χ3n) is 3.73. The molecule has 1 N–H and O–H groups in total. The van der Waals surface area contributed by atoms with E-state index in [0.717, 1.165) is 10.4 Å². The first-order valence-electron chi connectivity index (χ1n) is 7.72. The average molecular weight is 357 g/mol. The molecule has 0 spiro atoms. The van der Waals surface area contributed by atoms with Crippen LogP contribution < -0.4 is 14.8 Å². The average Bonchev–Trinajstić information content (AvgIpc) is 3.24. The van der Waals surface area contributed by atoms with Crippen molar-refractivity contribution in [2.45, 2.75) is 13.5 Å². The Morgan fingerprint density at radius 2 is 2.04 bits per heavy atom. The molecule has 6 nitrogen and oxygen atoms in total. The molecule has 0 saturated carbocycles. The lowest BCUT2D eigenvalue weighted by atomic mass is 10.2. The smallest absolute Gasteiger partial charge is 0.266 e. The molecule has 0 atom stereocenters. The summed E-state index contributed by atoms with van der Waals surface area (Å²) < 4.78 is 12.5. The first-order valence-corrected chi connectivity index (χ1v) is 8.53. The van der Waals surface area contributed by atoms with Crippen LogP contribution in [0.25, 0.3) is 0 Å². The van der Waals surface area contributed by atoms with Crippen molar-refractivity contribution in [1.82, 2.24) is 9.78 Å². The van der Waals surface area contributed by atoms with Crippen LogP contribution in [-0.2, 0) is 6.54 Å². The van der Waals surface area contributed by atoms with E-state index in [9.17, 15) is 4.79 Å². The highest BCUT2D eigenvalue weighted by atomic mass is 32.1. The van der Waals surface area contributed by atoms with Gasteiger partial charge in [0.15, 0.2) is 11.5 Å². The van der Waals surface area contributed by atoms with Gasteiger partial charge in [0, 0.05) is 16.5 Å². The van der Waals surface area contributed by atoms with E-state index in [1.54, 1.807) is 31.2 Å². The Balaban J connectivity index is 1.82. The topological polar surface area (TPSA) is 65.4 Å². The zero-order valence-corrected chi connectivity index (χ0v) is 15.1. The van der Waals surface area contributed by atoms with Gasteiger partial charge in [-0.15, -0.1) is 11.3 Å². The third kappa shape index (κ3) is 3.66. The predicted molar refractivity (Wildman–Crippen MR) is 97.9 cm³/mol. The summed E-state index contributed by atoms with van der Waals surface area (Å²) in [6, 6.07) is 11.2. The molecule has 7 heteroatoms. The molecular weight excluding hydrogens is 338 g/mol. The van der Waals surface area contributed by atoms with E-state index in [0.29, 0.717) is 28.7 Å². The van der Waals surface area contributed by atoms with Gasteiger partial charge in [-0.05, 0) is 25.1 Å². The van der Waals surface area contributed by atoms with Crippen molar-refractivity contribution >= 4 is 23.1 Å². The van der Waals surface area contributed by atoms with E-state index in [-0.39, 0.29) is 5.91 Å². The molecule has 2 heterocycles. The standard InChI is InChI=1S/C18H19N3O3S/c1-12-7-8-15(25-12)18(22)20-16-9-10-19-21(16)11-13-5-4-6-14(23-2)17(13)24-3/h4-10H,11H2,1-3H3,(H,20,22). The fourth-order valence-electron chi connectivity index (χ4n) is 2.54. The van der Waals surface area contributed by atoms with Crippen LogP contribution in [0.1, 0.15) is 20.1 Å². The highest BCUT2D eigenvalue weighted by Crippen LogP contribution is 2.31. The molecule has 130 valence electrons. The van der Waals surface area contributed by atoms with Gasteiger partial charge in [-0.3, -0.25) is 4.79 Å². The van der Waals surface area contributed by atoms with Crippen LogP contribution in [-0.4, -0.2) is 29.9 Å². The molecule has 0 aliphatic carbocycles. The van der Waals surface area contributed by atoms with E-state index in [1.807, 2.05) is 37.3 Å². The van der Waals surface area contributed by atoms with Gasteiger partial charge in [-0.2, -0.15) is 5.10 Å². The van der Waals surface area contributed by atoms with Crippen molar-refractivity contribution in [3.63, 3.8) is 0 Å². The van der Waals surface area contributed by atoms with Gasteiger partial charge < -0.3 is 14.8 Å². The molecule has 3 aromatic rings. The van der Waals surface area contributed by atoms with E-state index in [4.69, 9.17) is 9.47 Å². The lowest BCUT2D eigenvalue weighted by Crippen LogP contribution is -2.15. The number of aryl methyl sites for hydroxylation is 1. The molecule has 1 aromatic carbocycles. The second kappa shape index (κ2) is 7.40. The van der Waals surface area contributed by atoms with Gasteiger partial charge in [-0.25, -0.2) is 4.68 Å². The van der Waals surface area contributed by atoms with Gasteiger partial charge >= 0.3 is 0 Å². The van der Waals surface area contributed by atoms with Gasteiger partial charge in [0.2, 0.25) is 0 Å². The van der Waals surface area contributed by atoms with Gasteiger partial charge in [-0.1, -0.05) is 12.1 Å². The van der Waals surface area contributed by atoms with Crippen molar-refractivity contribution < 1.29 is 14.3 Å². The molecule has 0 unspecified atom stereocenters. The van der Waals surface area contributed by atoms with Crippen LogP contribution in [0.3, 0.4) is 0 Å². The number of aromatic nitrogens is 2. The Morgan fingerprint density at radius 1 is 1.20 bits per heavy atom. The maximum Gasteiger partial charge on any atom is 0.266 e. The van der Waals surface area contributed by atoms with E-state index < -0.39 is 0 Å². The molecule has 0 aliphatic heterocycles. The summed E-state index contributed by atoms with van der Waals surface area (Å²) in [5.74, 6) is 1.80. The quantitative estimate of drug-likeness (QED) is 0.732. The lowest BCUT2D eigenvalue weighted by Gasteiger charge is -2.14. The van der Waals surface area contributed by atoms with Crippen LogP contribution in [0.2, 0.25) is 0 Å². The molecule has 0 bridgehead atoms. The second-order valence-electron chi connectivity index (χ2n) is 5.39. The Morgan fingerprint density at radius 3 is 2.72 bits per heavy atom. The van der Waals surface area contributed by atoms with E-state index >= 15 is 0 Å². The van der Waals surface area contributed by atoms with Crippen LogP contribution in [0, 0.1) is 6.92 Å². The molecule has 25 heavy (non-hydrogen) atoms. The van der Waals surface area contributed by atoms with E-state index in [2.05, 4.69) is 10.4 Å². The SMILES string of the molecule is COc1cccc(Cn2nccc2NC(=O)c2ccc(C)s2)c1OC. The number of carbonyl (C=O) groups excluding carboxylic acids is 1. The van der Waals surface area contributed by atoms with Crippen molar-refractivity contribution in [1.29, 1.82) is 0 Å². The number of benzene rings is 1. The minimum Gasteiger partial charge on any atom is -0.493 e. The number of amides is 1. The zero-order valence-electron chi connectivity index (χ0n) is 14.3. The summed E-state index contributed by atoms with van der Waals surface area (Å²) in [6.45, 7) is 2.42. The highest BCUT2D eigenvalue weighted by molar-refractivity contribution is 7.14. The first-order chi connectivity index (χ1) is 12.1. The molecule has 1 amide bonds. The molecule has 0 fully saturated rings. The number of rotatable bonds is 6. The zero-order chi connectivity index (χ0) is 17.8. The van der Waals surface area contributed by atoms with Crippen LogP contribution in [0.4, 0.5) is 5.82 Å². The maximum absolute atomic E-state index is 12.4. The molecule has 0 aliphatic rings. The molecule has 3 rings (SSSR count). The summed E-state index contributed by atoms with van der Waals surface area (Å²) in [7, 11) is 3.20. The van der Waals surface area contributed by atoms with Crippen molar-refractivity contribution in [2.75, 3.05) is 19.5 Å². The number of nitrogens with zero attached hydrogens (tertiary/aromatic N) is 2. The van der Waals surface area contributed by atoms with Gasteiger partial charge in [0.05, 0.1) is 31.8 Å². The minimum absolute atomic E-state index is 0.141. The minimum atomic E-state index is -0.141. The van der Waals surface area contributed by atoms with E-state index in [1.165, 1.54) is 11.3 Å². The van der Waals surface area contributed by atoms with Crippen molar-refractivity contribution in [3.05, 3.63) is 57.9 Å². The normalized spacial score (nSPS) is 10.5. The molecule has 0 saturated heterocycles. The molecule has 2 aromatic heterocycles. The Bertz CT molecular complexity index is 885. The summed E-state index contributed by atoms with van der Waals surface area (Å²) in [6.07, 6.45) is 1.65. The second-order valence-corrected chi connectivity index (χ2v) is 6.68. The number of hydrogen-bond acceptors (Lipinski definition) is 5. The number of ether oxygens (including phenoxy) is 2.